The number of hydrogen-bond acceptors (Lipinski definition) is 5. The van der Waals surface area contributed by atoms with Crippen LogP contribution in [0.3, 0.4) is 0 Å². The maximum absolute atomic E-state index is 12.3. The Morgan fingerprint density at radius 1 is 1.11 bits per heavy atom. The molecular weight excluding hydrogens is 366 g/mol. The van der Waals surface area contributed by atoms with E-state index in [1.807, 2.05) is 25.1 Å². The highest BCUT2D eigenvalue weighted by Crippen LogP contribution is 2.30. The fraction of sp³-hybridized carbons (Fsp3) is 0.250. The molecule has 0 radical (unpaired) electrons. The van der Waals surface area contributed by atoms with Crippen molar-refractivity contribution in [1.82, 2.24) is 0 Å². The summed E-state index contributed by atoms with van der Waals surface area (Å²) in [5.74, 6) is 1.30. The molecule has 1 unspecified atom stereocenters. The minimum absolute atomic E-state index is 0.0231. The highest BCUT2D eigenvalue weighted by atomic mass is 32.2. The summed E-state index contributed by atoms with van der Waals surface area (Å²) in [6.07, 6.45) is 1.67. The number of para-hydroxylation sites is 2. The van der Waals surface area contributed by atoms with E-state index in [0.29, 0.717) is 23.8 Å². The summed E-state index contributed by atoms with van der Waals surface area (Å²) >= 11 is 0. The molecule has 1 amide bonds. The maximum atomic E-state index is 12.3. The molecule has 0 bridgehead atoms. The Morgan fingerprint density at radius 2 is 1.81 bits per heavy atom. The Labute approximate surface area is 158 Å². The van der Waals surface area contributed by atoms with Gasteiger partial charge in [0.15, 0.2) is 15.6 Å². The number of allylic oxidation sites excluding steroid dienone is 1. The zero-order valence-electron chi connectivity index (χ0n) is 14.9. The summed E-state index contributed by atoms with van der Waals surface area (Å²) in [5, 5.41) is 3.97. The van der Waals surface area contributed by atoms with E-state index in [1.54, 1.807) is 36.4 Å². The van der Waals surface area contributed by atoms with Crippen molar-refractivity contribution in [2.24, 2.45) is 5.92 Å². The highest BCUT2D eigenvalue weighted by molar-refractivity contribution is 7.94. The quantitative estimate of drug-likeness (QED) is 0.782. The fourth-order valence-corrected chi connectivity index (χ4v) is 4.16. The van der Waals surface area contributed by atoms with E-state index in [2.05, 4.69) is 5.32 Å². The molecule has 142 valence electrons. The standard InChI is InChI=1S/C20H21NO5S/c1-2-25-16-7-9-17(10-8-16)26-19-6-4-3-5-18(19)21-20(22)13-15-11-12-27(23,24)14-15/h3-12,15H,2,13-14H2,1H3,(H,21,22). The van der Waals surface area contributed by atoms with Crippen LogP contribution in [0.5, 0.6) is 17.2 Å². The molecule has 0 aliphatic carbocycles. The molecule has 1 aliphatic heterocycles. The van der Waals surface area contributed by atoms with E-state index in [1.165, 1.54) is 5.41 Å². The molecule has 0 spiro atoms. The van der Waals surface area contributed by atoms with Gasteiger partial charge in [-0.1, -0.05) is 18.2 Å². The minimum atomic E-state index is -3.17. The molecule has 1 heterocycles. The number of amides is 1. The van der Waals surface area contributed by atoms with Crippen LogP contribution in [0.25, 0.3) is 0 Å². The third-order valence-electron chi connectivity index (χ3n) is 3.98. The number of anilines is 1. The number of hydrogen-bond donors (Lipinski definition) is 1. The topological polar surface area (TPSA) is 81.7 Å². The zero-order chi connectivity index (χ0) is 19.3. The summed E-state index contributed by atoms with van der Waals surface area (Å²) in [6.45, 7) is 2.51. The van der Waals surface area contributed by atoms with Gasteiger partial charge in [0.05, 0.1) is 18.0 Å². The van der Waals surface area contributed by atoms with Gasteiger partial charge in [0, 0.05) is 17.7 Å². The van der Waals surface area contributed by atoms with Crippen LogP contribution in [0.1, 0.15) is 13.3 Å². The predicted octanol–water partition coefficient (Wildman–Crippen LogP) is 3.76. The van der Waals surface area contributed by atoms with Crippen LogP contribution in [0.4, 0.5) is 5.69 Å². The van der Waals surface area contributed by atoms with Crippen molar-refractivity contribution in [1.29, 1.82) is 0 Å². The average molecular weight is 387 g/mol. The average Bonchev–Trinajstić information content (AvgIpc) is 2.97. The lowest BCUT2D eigenvalue weighted by Gasteiger charge is -2.13. The molecule has 1 atom stereocenters. The number of rotatable bonds is 7. The monoisotopic (exact) mass is 387 g/mol. The largest absolute Gasteiger partial charge is 0.494 e. The molecule has 0 fully saturated rings. The van der Waals surface area contributed by atoms with Crippen molar-refractivity contribution in [3.05, 3.63) is 60.0 Å². The van der Waals surface area contributed by atoms with Gasteiger partial charge in [0.25, 0.3) is 0 Å². The van der Waals surface area contributed by atoms with E-state index in [4.69, 9.17) is 9.47 Å². The summed E-state index contributed by atoms with van der Waals surface area (Å²) in [6, 6.07) is 14.3. The first kappa shape index (κ1) is 19.0. The van der Waals surface area contributed by atoms with Crippen LogP contribution in [0, 0.1) is 5.92 Å². The van der Waals surface area contributed by atoms with Crippen LogP contribution in [-0.2, 0) is 14.6 Å². The van der Waals surface area contributed by atoms with Gasteiger partial charge in [-0.05, 0) is 43.3 Å². The van der Waals surface area contributed by atoms with Gasteiger partial charge < -0.3 is 14.8 Å². The highest BCUT2D eigenvalue weighted by Gasteiger charge is 2.24. The SMILES string of the molecule is CCOc1ccc(Oc2ccccc2NC(=O)CC2C=CS(=O)(=O)C2)cc1. The molecule has 2 aromatic carbocycles. The molecule has 1 N–H and O–H groups in total. The molecule has 0 aromatic heterocycles. The van der Waals surface area contributed by atoms with Gasteiger partial charge in [0.2, 0.25) is 5.91 Å². The Hall–Kier alpha value is -2.80. The smallest absolute Gasteiger partial charge is 0.225 e. The van der Waals surface area contributed by atoms with Gasteiger partial charge in [-0.15, -0.1) is 0 Å². The van der Waals surface area contributed by atoms with Gasteiger partial charge in [-0.3, -0.25) is 4.79 Å². The van der Waals surface area contributed by atoms with E-state index in [0.717, 1.165) is 5.75 Å². The number of nitrogens with one attached hydrogen (secondary N) is 1. The van der Waals surface area contributed by atoms with Crippen molar-refractivity contribution in [3.8, 4) is 17.2 Å². The lowest BCUT2D eigenvalue weighted by atomic mass is 10.1. The second-order valence-electron chi connectivity index (χ2n) is 6.17. The summed E-state index contributed by atoms with van der Waals surface area (Å²) < 4.78 is 34.2. The van der Waals surface area contributed by atoms with E-state index < -0.39 is 9.84 Å². The molecule has 0 saturated carbocycles. The van der Waals surface area contributed by atoms with E-state index in [9.17, 15) is 13.2 Å². The summed E-state index contributed by atoms with van der Waals surface area (Å²) in [4.78, 5) is 12.3. The normalized spacial score (nSPS) is 17.4. The molecule has 3 rings (SSSR count). The van der Waals surface area contributed by atoms with Crippen molar-refractivity contribution in [2.45, 2.75) is 13.3 Å². The second kappa shape index (κ2) is 8.26. The van der Waals surface area contributed by atoms with Crippen molar-refractivity contribution >= 4 is 21.4 Å². The fourth-order valence-electron chi connectivity index (χ4n) is 2.76. The van der Waals surface area contributed by atoms with Crippen LogP contribution in [0.2, 0.25) is 0 Å². The lowest BCUT2D eigenvalue weighted by molar-refractivity contribution is -0.116. The molecule has 1 aliphatic rings. The van der Waals surface area contributed by atoms with E-state index in [-0.39, 0.29) is 24.0 Å². The number of carbonyl (C=O) groups excluding carboxylic acids is 1. The van der Waals surface area contributed by atoms with E-state index >= 15 is 0 Å². The Kier molecular flexibility index (Phi) is 5.81. The first-order valence-corrected chi connectivity index (χ1v) is 10.4. The molecule has 7 heteroatoms. The Balaban J connectivity index is 1.65. The number of carbonyl (C=O) groups is 1. The van der Waals surface area contributed by atoms with Gasteiger partial charge in [-0.2, -0.15) is 0 Å². The molecular formula is C20H21NO5S. The Morgan fingerprint density at radius 3 is 2.48 bits per heavy atom. The number of benzene rings is 2. The van der Waals surface area contributed by atoms with Gasteiger partial charge >= 0.3 is 0 Å². The van der Waals surface area contributed by atoms with Crippen molar-refractivity contribution < 1.29 is 22.7 Å². The lowest BCUT2D eigenvalue weighted by Crippen LogP contribution is -2.18. The third-order valence-corrected chi connectivity index (χ3v) is 5.44. The molecule has 27 heavy (non-hydrogen) atoms. The second-order valence-corrected chi connectivity index (χ2v) is 8.10. The molecule has 2 aromatic rings. The van der Waals surface area contributed by atoms with Crippen LogP contribution < -0.4 is 14.8 Å². The maximum Gasteiger partial charge on any atom is 0.225 e. The summed E-state index contributed by atoms with van der Waals surface area (Å²) in [5.41, 5.74) is 0.529. The first-order chi connectivity index (χ1) is 12.9. The molecule has 6 nitrogen and oxygen atoms in total. The van der Waals surface area contributed by atoms with Gasteiger partial charge in [-0.25, -0.2) is 8.42 Å². The Bertz CT molecular complexity index is 935. The predicted molar refractivity (Wildman–Crippen MR) is 104 cm³/mol. The number of sulfone groups is 1. The zero-order valence-corrected chi connectivity index (χ0v) is 15.7. The molecule has 0 saturated heterocycles. The minimum Gasteiger partial charge on any atom is -0.494 e. The third kappa shape index (κ3) is 5.34. The van der Waals surface area contributed by atoms with Crippen molar-refractivity contribution in [2.75, 3.05) is 17.7 Å². The van der Waals surface area contributed by atoms with Gasteiger partial charge in [0.1, 0.15) is 11.5 Å². The van der Waals surface area contributed by atoms with Crippen LogP contribution in [-0.4, -0.2) is 26.7 Å². The summed E-state index contributed by atoms with van der Waals surface area (Å²) in [7, 11) is -3.17. The van der Waals surface area contributed by atoms with Crippen molar-refractivity contribution in [3.63, 3.8) is 0 Å². The van der Waals surface area contributed by atoms with Crippen LogP contribution >= 0.6 is 0 Å². The van der Waals surface area contributed by atoms with Crippen LogP contribution in [0.15, 0.2) is 60.0 Å². The number of ether oxygens (including phenoxy) is 2. The first-order valence-electron chi connectivity index (χ1n) is 8.66.